The molecule has 0 aliphatic carbocycles. The Bertz CT molecular complexity index is 998. The third-order valence-electron chi connectivity index (χ3n) is 4.63. The molecule has 7 nitrogen and oxygen atoms in total. The quantitative estimate of drug-likeness (QED) is 0.569. The summed E-state index contributed by atoms with van der Waals surface area (Å²) in [5.74, 6) is -0.0466. The van der Waals surface area contributed by atoms with Crippen molar-refractivity contribution in [3.63, 3.8) is 0 Å². The average Bonchev–Trinajstić information content (AvgIpc) is 3.15. The molecule has 3 aromatic rings. The molecule has 28 heavy (non-hydrogen) atoms. The molecule has 0 saturated carbocycles. The molecule has 0 bridgehead atoms. The van der Waals surface area contributed by atoms with Crippen LogP contribution in [0.25, 0.3) is 10.8 Å². The molecule has 0 unspecified atom stereocenters. The van der Waals surface area contributed by atoms with Crippen molar-refractivity contribution >= 4 is 50.6 Å². The summed E-state index contributed by atoms with van der Waals surface area (Å²) in [5, 5.41) is 10.5. The van der Waals surface area contributed by atoms with Gasteiger partial charge in [-0.15, -0.1) is 11.3 Å². The van der Waals surface area contributed by atoms with Crippen molar-refractivity contribution in [1.82, 2.24) is 4.98 Å². The number of hydrogen-bond donors (Lipinski definition) is 3. The highest BCUT2D eigenvalue weighted by Crippen LogP contribution is 2.25. The third kappa shape index (κ3) is 4.23. The van der Waals surface area contributed by atoms with Crippen LogP contribution in [0, 0.1) is 0 Å². The van der Waals surface area contributed by atoms with Crippen molar-refractivity contribution in [3.05, 3.63) is 47.8 Å². The summed E-state index contributed by atoms with van der Waals surface area (Å²) in [6, 6.07) is 13.0. The van der Waals surface area contributed by atoms with Crippen LogP contribution >= 0.6 is 11.3 Å². The molecule has 2 atom stereocenters. The first-order valence-electron chi connectivity index (χ1n) is 8.89. The van der Waals surface area contributed by atoms with Crippen LogP contribution in [0.15, 0.2) is 47.8 Å². The fourth-order valence-electron chi connectivity index (χ4n) is 2.74. The minimum absolute atomic E-state index is 0.195. The molecular weight excluding hydrogens is 374 g/mol. The summed E-state index contributed by atoms with van der Waals surface area (Å²) in [4.78, 5) is 30.0. The van der Waals surface area contributed by atoms with Crippen molar-refractivity contribution in [2.45, 2.75) is 25.9 Å². The van der Waals surface area contributed by atoms with E-state index in [0.29, 0.717) is 10.9 Å². The minimum atomic E-state index is -0.488. The summed E-state index contributed by atoms with van der Waals surface area (Å²) in [7, 11) is 1.74. The molecule has 1 heterocycles. The molecule has 8 heteroatoms. The van der Waals surface area contributed by atoms with Crippen LogP contribution in [0.2, 0.25) is 0 Å². The van der Waals surface area contributed by atoms with E-state index in [0.717, 1.165) is 16.5 Å². The molecule has 2 aromatic carbocycles. The van der Waals surface area contributed by atoms with Crippen molar-refractivity contribution in [3.8, 4) is 0 Å². The van der Waals surface area contributed by atoms with Gasteiger partial charge in [-0.25, -0.2) is 4.98 Å². The first-order valence-corrected chi connectivity index (χ1v) is 9.77. The summed E-state index contributed by atoms with van der Waals surface area (Å²) in [6.07, 6.45) is 0. The van der Waals surface area contributed by atoms with Crippen molar-refractivity contribution in [2.75, 3.05) is 22.6 Å². The van der Waals surface area contributed by atoms with E-state index in [1.54, 1.807) is 31.2 Å². The molecule has 4 N–H and O–H groups in total. The van der Waals surface area contributed by atoms with Gasteiger partial charge >= 0.3 is 0 Å². The number of anilines is 3. The first kappa shape index (κ1) is 19.6. The number of fused-ring (bicyclic) bond motifs is 1. The number of likely N-dealkylation sites (N-methyl/N-ethyl adjacent to an activating group) is 1. The number of nitrogens with zero attached hydrogens (tertiary/aromatic N) is 2. The number of benzene rings is 2. The topological polar surface area (TPSA) is 100 Å². The average molecular weight is 398 g/mol. The van der Waals surface area contributed by atoms with E-state index in [1.807, 2.05) is 42.5 Å². The zero-order chi connectivity index (χ0) is 20.3. The number of carbonyl (C=O) groups excluding carboxylic acids is 2. The van der Waals surface area contributed by atoms with Gasteiger partial charge in [-0.1, -0.05) is 36.4 Å². The second-order valence-corrected chi connectivity index (χ2v) is 7.44. The number of carbonyl (C=O) groups is 2. The maximum absolute atomic E-state index is 12.6. The van der Waals surface area contributed by atoms with E-state index < -0.39 is 18.0 Å². The van der Waals surface area contributed by atoms with Crippen LogP contribution in [0.1, 0.15) is 13.8 Å². The maximum Gasteiger partial charge on any atom is 0.248 e. The van der Waals surface area contributed by atoms with Gasteiger partial charge in [0.25, 0.3) is 0 Å². The molecule has 0 saturated heterocycles. The molecule has 146 valence electrons. The summed E-state index contributed by atoms with van der Waals surface area (Å²) >= 11 is 1.30. The number of aromatic nitrogens is 1. The van der Waals surface area contributed by atoms with Gasteiger partial charge in [0, 0.05) is 23.5 Å². The van der Waals surface area contributed by atoms with Gasteiger partial charge in [0.05, 0.1) is 0 Å². The molecule has 3 rings (SSSR count). The normalized spacial score (nSPS) is 13.0. The first-order chi connectivity index (χ1) is 13.4. The molecule has 0 aliphatic heterocycles. The second kappa shape index (κ2) is 8.26. The van der Waals surface area contributed by atoms with Gasteiger partial charge in [0.15, 0.2) is 5.13 Å². The number of nitrogens with one attached hydrogen (secondary N) is 2. The highest BCUT2D eigenvalue weighted by atomic mass is 32.1. The van der Waals surface area contributed by atoms with Crippen LogP contribution in [0.5, 0.6) is 0 Å². The third-order valence-corrected chi connectivity index (χ3v) is 5.38. The van der Waals surface area contributed by atoms with E-state index in [9.17, 15) is 9.59 Å². The second-order valence-electron chi connectivity index (χ2n) is 6.58. The van der Waals surface area contributed by atoms with Crippen molar-refractivity contribution < 1.29 is 9.59 Å². The Kier molecular flexibility index (Phi) is 5.79. The SMILES string of the molecule is C[C@H](Nc1cccc2ccccc12)C(=O)Nc1nc(N(C)[C@@H](C)C(N)=O)cs1. The van der Waals surface area contributed by atoms with Gasteiger partial charge in [-0.3, -0.25) is 9.59 Å². The maximum atomic E-state index is 12.6. The number of rotatable bonds is 7. The fraction of sp³-hybridized carbons (Fsp3) is 0.250. The molecule has 0 radical (unpaired) electrons. The Morgan fingerprint density at radius 2 is 1.86 bits per heavy atom. The Morgan fingerprint density at radius 1 is 1.14 bits per heavy atom. The van der Waals surface area contributed by atoms with Crippen LogP contribution in [-0.4, -0.2) is 35.9 Å². The predicted octanol–water partition coefficient (Wildman–Crippen LogP) is 3.05. The lowest BCUT2D eigenvalue weighted by atomic mass is 10.1. The molecule has 0 spiro atoms. The van der Waals surface area contributed by atoms with Gasteiger partial charge < -0.3 is 21.3 Å². The summed E-state index contributed by atoms with van der Waals surface area (Å²) in [6.45, 7) is 3.50. The van der Waals surface area contributed by atoms with Crippen LogP contribution in [0.4, 0.5) is 16.6 Å². The largest absolute Gasteiger partial charge is 0.373 e. The number of thiazole rings is 1. The Hall–Kier alpha value is -3.13. The number of amides is 2. The van der Waals surface area contributed by atoms with Gasteiger partial charge in [0.1, 0.15) is 17.9 Å². The van der Waals surface area contributed by atoms with E-state index in [1.165, 1.54) is 11.3 Å². The number of nitrogens with two attached hydrogens (primary N) is 1. The van der Waals surface area contributed by atoms with E-state index >= 15 is 0 Å². The lowest BCUT2D eigenvalue weighted by molar-refractivity contribution is -0.119. The molecule has 0 aliphatic rings. The smallest absolute Gasteiger partial charge is 0.248 e. The van der Waals surface area contributed by atoms with Crippen LogP contribution in [-0.2, 0) is 9.59 Å². The van der Waals surface area contributed by atoms with E-state index in [4.69, 9.17) is 5.73 Å². The molecule has 2 amide bonds. The van der Waals surface area contributed by atoms with E-state index in [2.05, 4.69) is 15.6 Å². The van der Waals surface area contributed by atoms with Gasteiger partial charge in [-0.05, 0) is 25.3 Å². The lowest BCUT2D eigenvalue weighted by Crippen LogP contribution is -2.40. The van der Waals surface area contributed by atoms with Crippen molar-refractivity contribution in [1.29, 1.82) is 0 Å². The molecule has 0 fully saturated rings. The Labute approximate surface area is 167 Å². The lowest BCUT2D eigenvalue weighted by Gasteiger charge is -2.21. The Morgan fingerprint density at radius 3 is 2.61 bits per heavy atom. The Balaban J connectivity index is 1.67. The van der Waals surface area contributed by atoms with E-state index in [-0.39, 0.29) is 5.91 Å². The van der Waals surface area contributed by atoms with Crippen molar-refractivity contribution in [2.24, 2.45) is 5.73 Å². The highest BCUT2D eigenvalue weighted by molar-refractivity contribution is 7.14. The van der Waals surface area contributed by atoms with Gasteiger partial charge in [0.2, 0.25) is 11.8 Å². The van der Waals surface area contributed by atoms with Crippen LogP contribution < -0.4 is 21.3 Å². The standard InChI is InChI=1S/C20H23N5O2S/c1-12(22-16-10-6-8-14-7-4-5-9-15(14)16)19(27)24-20-23-17(11-28-20)25(3)13(2)18(21)26/h4-13,22H,1-3H3,(H2,21,26)(H,23,24,27)/t12-,13-/m0/s1. The van der Waals surface area contributed by atoms with Crippen LogP contribution in [0.3, 0.4) is 0 Å². The summed E-state index contributed by atoms with van der Waals surface area (Å²) < 4.78 is 0. The fourth-order valence-corrected chi connectivity index (χ4v) is 3.48. The van der Waals surface area contributed by atoms with Gasteiger partial charge in [-0.2, -0.15) is 0 Å². The molecule has 1 aromatic heterocycles. The number of hydrogen-bond acceptors (Lipinski definition) is 6. The molecular formula is C20H23N5O2S. The highest BCUT2D eigenvalue weighted by Gasteiger charge is 2.19. The predicted molar refractivity (Wildman–Crippen MR) is 115 cm³/mol. The monoisotopic (exact) mass is 397 g/mol. The zero-order valence-corrected chi connectivity index (χ0v) is 16.8. The number of primary amides is 1. The zero-order valence-electron chi connectivity index (χ0n) is 16.0. The summed E-state index contributed by atoms with van der Waals surface area (Å²) in [5.41, 5.74) is 6.23. The minimum Gasteiger partial charge on any atom is -0.373 e.